The minimum atomic E-state index is 0.608. The summed E-state index contributed by atoms with van der Waals surface area (Å²) < 4.78 is 5.50. The van der Waals surface area contributed by atoms with Gasteiger partial charge in [0.2, 0.25) is 0 Å². The largest absolute Gasteiger partial charge is 0.381 e. The molecule has 3 nitrogen and oxygen atoms in total. The highest BCUT2D eigenvalue weighted by Crippen LogP contribution is 2.20. The van der Waals surface area contributed by atoms with Crippen LogP contribution in [0, 0.1) is 17.2 Å². The van der Waals surface area contributed by atoms with Crippen molar-refractivity contribution in [1.29, 1.82) is 5.26 Å². The molecule has 1 aromatic rings. The van der Waals surface area contributed by atoms with Crippen LogP contribution in [0.15, 0.2) is 18.2 Å². The van der Waals surface area contributed by atoms with Crippen LogP contribution in [-0.4, -0.2) is 31.7 Å². The van der Waals surface area contributed by atoms with Gasteiger partial charge in [0.1, 0.15) is 0 Å². The van der Waals surface area contributed by atoms with Crippen molar-refractivity contribution in [2.75, 3.05) is 26.8 Å². The van der Waals surface area contributed by atoms with Crippen molar-refractivity contribution >= 4 is 11.6 Å². The first kappa shape index (κ1) is 14.3. The quantitative estimate of drug-likeness (QED) is 0.849. The smallest absolute Gasteiger partial charge is 0.0992 e. The molecule has 1 atom stereocenters. The summed E-state index contributed by atoms with van der Waals surface area (Å²) in [6.45, 7) is 3.60. The summed E-state index contributed by atoms with van der Waals surface area (Å²) in [6.07, 6.45) is 2.40. The van der Waals surface area contributed by atoms with Crippen molar-refractivity contribution in [3.63, 3.8) is 0 Å². The van der Waals surface area contributed by atoms with Crippen LogP contribution in [0.4, 0.5) is 0 Å². The third kappa shape index (κ3) is 4.21. The molecule has 0 bridgehead atoms. The predicted molar refractivity (Wildman–Crippen MR) is 76.0 cm³/mol. The van der Waals surface area contributed by atoms with Gasteiger partial charge in [-0.15, -0.1) is 0 Å². The Balaban J connectivity index is 1.91. The van der Waals surface area contributed by atoms with E-state index >= 15 is 0 Å². The molecule has 1 fully saturated rings. The van der Waals surface area contributed by atoms with Gasteiger partial charge in [-0.1, -0.05) is 17.7 Å². The maximum atomic E-state index is 8.82. The van der Waals surface area contributed by atoms with E-state index in [1.54, 1.807) is 6.07 Å². The molecule has 0 saturated carbocycles. The van der Waals surface area contributed by atoms with E-state index in [-0.39, 0.29) is 0 Å². The van der Waals surface area contributed by atoms with Crippen LogP contribution in [0.25, 0.3) is 0 Å². The molecule has 1 unspecified atom stereocenters. The lowest BCUT2D eigenvalue weighted by Crippen LogP contribution is -2.30. The molecule has 19 heavy (non-hydrogen) atoms. The summed E-state index contributed by atoms with van der Waals surface area (Å²) in [7, 11) is 2.10. The molecule has 0 spiro atoms. The highest BCUT2D eigenvalue weighted by Gasteiger charge is 2.16. The van der Waals surface area contributed by atoms with Crippen molar-refractivity contribution in [1.82, 2.24) is 4.90 Å². The van der Waals surface area contributed by atoms with E-state index in [4.69, 9.17) is 21.6 Å². The van der Waals surface area contributed by atoms with Crippen molar-refractivity contribution in [2.24, 2.45) is 5.92 Å². The van der Waals surface area contributed by atoms with Gasteiger partial charge in [-0.3, -0.25) is 0 Å². The predicted octanol–water partition coefficient (Wildman–Crippen LogP) is 3.07. The van der Waals surface area contributed by atoms with Crippen LogP contribution in [0.3, 0.4) is 0 Å². The first-order valence-electron chi connectivity index (χ1n) is 6.64. The van der Waals surface area contributed by atoms with Gasteiger partial charge in [0.15, 0.2) is 0 Å². The molecule has 0 aromatic heterocycles. The van der Waals surface area contributed by atoms with Crippen LogP contribution >= 0.6 is 11.6 Å². The Labute approximate surface area is 119 Å². The zero-order chi connectivity index (χ0) is 13.7. The lowest BCUT2D eigenvalue weighted by Gasteiger charge is -2.27. The van der Waals surface area contributed by atoms with E-state index in [0.29, 0.717) is 16.5 Å². The second-order valence-electron chi connectivity index (χ2n) is 5.20. The Morgan fingerprint density at radius 1 is 1.53 bits per heavy atom. The molecule has 102 valence electrons. The Bertz CT molecular complexity index is 464. The fourth-order valence-corrected chi connectivity index (χ4v) is 2.73. The van der Waals surface area contributed by atoms with Gasteiger partial charge in [-0.2, -0.15) is 5.26 Å². The lowest BCUT2D eigenvalue weighted by atomic mass is 10.0. The number of rotatable bonds is 4. The Morgan fingerprint density at radius 3 is 3.00 bits per heavy atom. The Hall–Kier alpha value is -1.08. The van der Waals surface area contributed by atoms with Gasteiger partial charge in [0.05, 0.1) is 18.2 Å². The van der Waals surface area contributed by atoms with Crippen LogP contribution in [0.1, 0.15) is 24.0 Å². The van der Waals surface area contributed by atoms with E-state index in [1.165, 1.54) is 6.42 Å². The van der Waals surface area contributed by atoms with Gasteiger partial charge < -0.3 is 9.64 Å². The summed E-state index contributed by atoms with van der Waals surface area (Å²) in [5.41, 5.74) is 1.68. The van der Waals surface area contributed by atoms with Crippen molar-refractivity contribution in [3.8, 4) is 6.07 Å². The van der Waals surface area contributed by atoms with Crippen LogP contribution in [0.5, 0.6) is 0 Å². The van der Waals surface area contributed by atoms with Gasteiger partial charge >= 0.3 is 0 Å². The Morgan fingerprint density at radius 2 is 2.37 bits per heavy atom. The number of benzene rings is 1. The molecular weight excluding hydrogens is 260 g/mol. The van der Waals surface area contributed by atoms with E-state index in [9.17, 15) is 0 Å². The molecule has 0 amide bonds. The fourth-order valence-electron chi connectivity index (χ4n) is 2.49. The zero-order valence-electron chi connectivity index (χ0n) is 11.2. The molecule has 1 aliphatic rings. The maximum absolute atomic E-state index is 8.82. The average Bonchev–Trinajstić information content (AvgIpc) is 2.42. The maximum Gasteiger partial charge on any atom is 0.0992 e. The molecule has 0 N–H and O–H groups in total. The second-order valence-corrected chi connectivity index (χ2v) is 5.61. The number of halogens is 1. The van der Waals surface area contributed by atoms with Crippen molar-refractivity contribution in [3.05, 3.63) is 34.3 Å². The van der Waals surface area contributed by atoms with Crippen molar-refractivity contribution < 1.29 is 4.74 Å². The van der Waals surface area contributed by atoms with Crippen LogP contribution in [-0.2, 0) is 11.3 Å². The van der Waals surface area contributed by atoms with Gasteiger partial charge in [-0.25, -0.2) is 0 Å². The van der Waals surface area contributed by atoms with Gasteiger partial charge in [-0.05, 0) is 43.5 Å². The van der Waals surface area contributed by atoms with Crippen molar-refractivity contribution in [2.45, 2.75) is 19.4 Å². The standard InChI is InChI=1S/C15H19ClN2O/c1-18(9-13-3-2-6-19-11-13)10-14-5-4-12(8-17)7-15(14)16/h4-5,7,13H,2-3,6,9-11H2,1H3. The summed E-state index contributed by atoms with van der Waals surface area (Å²) >= 11 is 6.19. The average molecular weight is 279 g/mol. The summed E-state index contributed by atoms with van der Waals surface area (Å²) in [6, 6.07) is 7.59. The normalized spacial score (nSPS) is 19.4. The molecule has 0 aliphatic carbocycles. The SMILES string of the molecule is CN(Cc1ccc(C#N)cc1Cl)CC1CCCOC1. The molecule has 1 heterocycles. The monoisotopic (exact) mass is 278 g/mol. The second kappa shape index (κ2) is 6.91. The first-order chi connectivity index (χ1) is 9.19. The molecule has 1 saturated heterocycles. The molecule has 0 radical (unpaired) electrons. The number of ether oxygens (including phenoxy) is 1. The lowest BCUT2D eigenvalue weighted by molar-refractivity contribution is 0.0411. The minimum absolute atomic E-state index is 0.608. The number of hydrogen-bond acceptors (Lipinski definition) is 3. The zero-order valence-corrected chi connectivity index (χ0v) is 12.0. The van der Waals surface area contributed by atoms with E-state index < -0.39 is 0 Å². The number of nitrogens with zero attached hydrogens (tertiary/aromatic N) is 2. The van der Waals surface area contributed by atoms with E-state index in [0.717, 1.165) is 38.3 Å². The molecule has 2 rings (SSSR count). The van der Waals surface area contributed by atoms with Crippen LogP contribution < -0.4 is 0 Å². The summed E-state index contributed by atoms with van der Waals surface area (Å²) in [5, 5.41) is 9.49. The van der Waals surface area contributed by atoms with E-state index in [1.807, 2.05) is 12.1 Å². The number of nitriles is 1. The highest BCUT2D eigenvalue weighted by molar-refractivity contribution is 6.31. The molecule has 1 aliphatic heterocycles. The van der Waals surface area contributed by atoms with Gasteiger partial charge in [0.25, 0.3) is 0 Å². The summed E-state index contributed by atoms with van der Waals surface area (Å²) in [5.74, 6) is 0.621. The third-order valence-electron chi connectivity index (χ3n) is 3.45. The molecular formula is C15H19ClN2O. The highest BCUT2D eigenvalue weighted by atomic mass is 35.5. The first-order valence-corrected chi connectivity index (χ1v) is 7.01. The van der Waals surface area contributed by atoms with Crippen LogP contribution in [0.2, 0.25) is 5.02 Å². The molecule has 4 heteroatoms. The Kier molecular flexibility index (Phi) is 5.21. The van der Waals surface area contributed by atoms with Gasteiger partial charge in [0, 0.05) is 24.7 Å². The molecule has 1 aromatic carbocycles. The fraction of sp³-hybridized carbons (Fsp3) is 0.533. The summed E-state index contributed by atoms with van der Waals surface area (Å²) in [4.78, 5) is 2.27. The minimum Gasteiger partial charge on any atom is -0.381 e. The number of hydrogen-bond donors (Lipinski definition) is 0. The topological polar surface area (TPSA) is 36.3 Å². The third-order valence-corrected chi connectivity index (χ3v) is 3.80. The van der Waals surface area contributed by atoms with E-state index in [2.05, 4.69) is 18.0 Å².